The number of carbonyl (C=O) groups is 1. The Bertz CT molecular complexity index is 573. The fraction of sp³-hybridized carbons (Fsp3) is 0.562. The third kappa shape index (κ3) is 4.11. The number of morpholine rings is 1. The van der Waals surface area contributed by atoms with Crippen LogP contribution in [0.25, 0.3) is 0 Å². The van der Waals surface area contributed by atoms with Crippen LogP contribution >= 0.6 is 0 Å². The van der Waals surface area contributed by atoms with Gasteiger partial charge in [0.2, 0.25) is 0 Å². The number of alkyl halides is 3. The third-order valence-corrected chi connectivity index (χ3v) is 4.04. The molecule has 0 saturated carbocycles. The third-order valence-electron chi connectivity index (χ3n) is 4.04. The first-order valence-electron chi connectivity index (χ1n) is 7.53. The van der Waals surface area contributed by atoms with Gasteiger partial charge in [0.25, 0.3) is 0 Å². The van der Waals surface area contributed by atoms with Gasteiger partial charge in [-0.25, -0.2) is 4.79 Å². The van der Waals surface area contributed by atoms with Crippen LogP contribution in [0.4, 0.5) is 18.0 Å². The molecule has 0 aliphatic carbocycles. The van der Waals surface area contributed by atoms with E-state index in [1.54, 1.807) is 33.1 Å². The van der Waals surface area contributed by atoms with Gasteiger partial charge < -0.3 is 19.7 Å². The molecule has 2 rings (SSSR count). The summed E-state index contributed by atoms with van der Waals surface area (Å²) in [6, 6.07) is 6.44. The predicted molar refractivity (Wildman–Crippen MR) is 81.9 cm³/mol. The Labute approximate surface area is 138 Å². The van der Waals surface area contributed by atoms with Crippen LogP contribution in [0.15, 0.2) is 24.3 Å². The number of ether oxygens (including phenoxy) is 2. The van der Waals surface area contributed by atoms with Crippen molar-refractivity contribution in [2.45, 2.75) is 31.7 Å². The van der Waals surface area contributed by atoms with Gasteiger partial charge in [0, 0.05) is 6.54 Å². The summed E-state index contributed by atoms with van der Waals surface area (Å²) in [6.07, 6.45) is -4.89. The molecule has 0 radical (unpaired) electrons. The van der Waals surface area contributed by atoms with Crippen LogP contribution in [0.1, 0.15) is 25.5 Å². The van der Waals surface area contributed by atoms with Crippen LogP contribution in [0.3, 0.4) is 0 Å². The molecule has 1 heterocycles. The van der Waals surface area contributed by atoms with E-state index in [-0.39, 0.29) is 13.2 Å². The van der Waals surface area contributed by atoms with E-state index in [1.807, 2.05) is 17.4 Å². The fourth-order valence-electron chi connectivity index (χ4n) is 2.81. The van der Waals surface area contributed by atoms with E-state index in [2.05, 4.69) is 0 Å². The predicted octanol–water partition coefficient (Wildman–Crippen LogP) is 3.12. The zero-order valence-corrected chi connectivity index (χ0v) is 13.8. The highest BCUT2D eigenvalue weighted by atomic mass is 19.4. The number of hydrogen-bond acceptors (Lipinski definition) is 3. The van der Waals surface area contributed by atoms with Crippen LogP contribution in [0, 0.1) is 0 Å². The average molecular weight is 346 g/mol. The number of hydrogen-bond donors (Lipinski definition) is 1. The quantitative estimate of drug-likeness (QED) is 0.915. The topological polar surface area (TPSA) is 50.8 Å². The summed E-state index contributed by atoms with van der Waals surface area (Å²) in [4.78, 5) is 13.6. The molecular weight excluding hydrogens is 325 g/mol. The van der Waals surface area contributed by atoms with Gasteiger partial charge in [-0.2, -0.15) is 13.2 Å². The van der Waals surface area contributed by atoms with Crippen LogP contribution < -0.4 is 10.1 Å². The molecule has 8 heteroatoms. The number of rotatable bonds is 3. The largest absolute Gasteiger partial charge is 0.497 e. The number of carbonyl (C=O) groups excluding carboxylic acids is 1. The molecule has 1 aliphatic heterocycles. The molecule has 2 amide bonds. The maximum atomic E-state index is 12.3. The summed E-state index contributed by atoms with van der Waals surface area (Å²) < 4.78 is 47.9. The minimum absolute atomic E-state index is 0.226. The SMILES string of the molecule is COc1ccc(C2OCCN(C(=O)NCC(F)(F)F)C2(C)C)cc1. The normalized spacial score (nSPS) is 20.6. The molecule has 24 heavy (non-hydrogen) atoms. The number of amides is 2. The molecule has 1 aliphatic rings. The van der Waals surface area contributed by atoms with Gasteiger partial charge in [-0.05, 0) is 31.5 Å². The molecule has 1 aromatic rings. The van der Waals surface area contributed by atoms with Crippen molar-refractivity contribution in [2.75, 3.05) is 26.8 Å². The van der Waals surface area contributed by atoms with Gasteiger partial charge in [-0.1, -0.05) is 12.1 Å². The number of methoxy groups -OCH3 is 1. The minimum atomic E-state index is -4.44. The average Bonchev–Trinajstić information content (AvgIpc) is 2.51. The molecule has 0 spiro atoms. The zero-order valence-electron chi connectivity index (χ0n) is 13.8. The number of nitrogens with one attached hydrogen (secondary N) is 1. The van der Waals surface area contributed by atoms with E-state index >= 15 is 0 Å². The zero-order chi connectivity index (χ0) is 18.0. The molecule has 1 saturated heterocycles. The molecule has 0 bridgehead atoms. The fourth-order valence-corrected chi connectivity index (χ4v) is 2.81. The van der Waals surface area contributed by atoms with Gasteiger partial charge in [-0.15, -0.1) is 0 Å². The van der Waals surface area contributed by atoms with Crippen LogP contribution in [-0.2, 0) is 4.74 Å². The molecule has 1 atom stereocenters. The lowest BCUT2D eigenvalue weighted by atomic mass is 9.88. The Kier molecular flexibility index (Phi) is 5.27. The van der Waals surface area contributed by atoms with Crippen LogP contribution in [0.5, 0.6) is 5.75 Å². The molecule has 1 N–H and O–H groups in total. The number of benzene rings is 1. The maximum absolute atomic E-state index is 12.3. The van der Waals surface area contributed by atoms with Crippen molar-refractivity contribution < 1.29 is 27.4 Å². The molecule has 1 aromatic carbocycles. The first-order chi connectivity index (χ1) is 11.1. The van der Waals surface area contributed by atoms with Gasteiger partial charge in [0.15, 0.2) is 0 Å². The van der Waals surface area contributed by atoms with E-state index in [1.165, 1.54) is 4.90 Å². The lowest BCUT2D eigenvalue weighted by Crippen LogP contribution is -2.60. The molecule has 134 valence electrons. The maximum Gasteiger partial charge on any atom is 0.405 e. The second-order valence-electron chi connectivity index (χ2n) is 6.10. The molecule has 1 fully saturated rings. The summed E-state index contributed by atoms with van der Waals surface area (Å²) in [5.41, 5.74) is 0.0248. The Hall–Kier alpha value is -1.96. The van der Waals surface area contributed by atoms with Crippen LogP contribution in [0.2, 0.25) is 0 Å². The number of nitrogens with zero attached hydrogens (tertiary/aromatic N) is 1. The second kappa shape index (κ2) is 6.88. The molecule has 0 aromatic heterocycles. The Morgan fingerprint density at radius 1 is 1.38 bits per heavy atom. The molecule has 5 nitrogen and oxygen atoms in total. The smallest absolute Gasteiger partial charge is 0.405 e. The summed E-state index contributed by atoms with van der Waals surface area (Å²) in [7, 11) is 1.56. The number of urea groups is 1. The van der Waals surface area contributed by atoms with Crippen molar-refractivity contribution in [2.24, 2.45) is 0 Å². The lowest BCUT2D eigenvalue weighted by Gasteiger charge is -2.47. The van der Waals surface area contributed by atoms with Crippen molar-refractivity contribution in [3.05, 3.63) is 29.8 Å². The van der Waals surface area contributed by atoms with Gasteiger partial charge >= 0.3 is 12.2 Å². The summed E-state index contributed by atoms with van der Waals surface area (Å²) >= 11 is 0. The highest BCUT2D eigenvalue weighted by molar-refractivity contribution is 5.75. The Morgan fingerprint density at radius 2 is 2.00 bits per heavy atom. The summed E-state index contributed by atoms with van der Waals surface area (Å²) in [6.45, 7) is 2.66. The van der Waals surface area contributed by atoms with E-state index < -0.39 is 30.4 Å². The second-order valence-corrected chi connectivity index (χ2v) is 6.10. The molecular formula is C16H21F3N2O3. The lowest BCUT2D eigenvalue weighted by molar-refractivity contribution is -0.126. The van der Waals surface area contributed by atoms with E-state index in [0.29, 0.717) is 5.75 Å². The summed E-state index contributed by atoms with van der Waals surface area (Å²) in [5.74, 6) is 0.687. The minimum Gasteiger partial charge on any atom is -0.497 e. The molecule has 1 unspecified atom stereocenters. The first-order valence-corrected chi connectivity index (χ1v) is 7.53. The van der Waals surface area contributed by atoms with E-state index in [9.17, 15) is 18.0 Å². The Balaban J connectivity index is 2.15. The van der Waals surface area contributed by atoms with Crippen molar-refractivity contribution in [3.63, 3.8) is 0 Å². The van der Waals surface area contributed by atoms with Gasteiger partial charge in [-0.3, -0.25) is 0 Å². The van der Waals surface area contributed by atoms with Crippen molar-refractivity contribution >= 4 is 6.03 Å². The van der Waals surface area contributed by atoms with Gasteiger partial charge in [0.05, 0.1) is 19.3 Å². The van der Waals surface area contributed by atoms with Crippen molar-refractivity contribution in [1.82, 2.24) is 10.2 Å². The van der Waals surface area contributed by atoms with Crippen molar-refractivity contribution in [3.8, 4) is 5.75 Å². The first kappa shape index (κ1) is 18.4. The number of halogens is 3. The van der Waals surface area contributed by atoms with E-state index in [4.69, 9.17) is 9.47 Å². The van der Waals surface area contributed by atoms with Gasteiger partial charge in [0.1, 0.15) is 18.4 Å². The Morgan fingerprint density at radius 3 is 2.54 bits per heavy atom. The van der Waals surface area contributed by atoms with E-state index in [0.717, 1.165) is 5.56 Å². The highest BCUT2D eigenvalue weighted by Gasteiger charge is 2.43. The standard InChI is InChI=1S/C16H21F3N2O3/c1-15(2)13(11-4-6-12(23-3)7-5-11)24-9-8-21(15)14(22)20-10-16(17,18)19/h4-7,13H,8-10H2,1-3H3,(H,20,22). The van der Waals surface area contributed by atoms with Crippen LogP contribution in [-0.4, -0.2) is 49.5 Å². The highest BCUT2D eigenvalue weighted by Crippen LogP contribution is 2.37. The summed E-state index contributed by atoms with van der Waals surface area (Å²) in [5, 5.41) is 1.92. The monoisotopic (exact) mass is 346 g/mol. The van der Waals surface area contributed by atoms with Crippen molar-refractivity contribution in [1.29, 1.82) is 0 Å².